The van der Waals surface area contributed by atoms with Crippen LogP contribution in [0.15, 0.2) is 0 Å². The van der Waals surface area contributed by atoms with Gasteiger partial charge in [0.15, 0.2) is 0 Å². The Hall–Kier alpha value is -1.24. The fourth-order valence-corrected chi connectivity index (χ4v) is 3.34. The van der Waals surface area contributed by atoms with Gasteiger partial charge in [-0.05, 0) is 26.5 Å². The van der Waals surface area contributed by atoms with Gasteiger partial charge in [0, 0.05) is 17.6 Å². The van der Waals surface area contributed by atoms with E-state index >= 15 is 0 Å². The van der Waals surface area contributed by atoms with Gasteiger partial charge in [-0.1, -0.05) is 51.9 Å². The highest BCUT2D eigenvalue weighted by Gasteiger charge is 2.33. The SMILES string of the molecule is CCCCCCCCC[C@H](CC(=O)O)C(=O)N[C@@H](COC(C)=O)C(C)(C)SC. The van der Waals surface area contributed by atoms with Crippen LogP contribution < -0.4 is 5.32 Å². The maximum Gasteiger partial charge on any atom is 0.304 e. The number of carboxylic acid groups (broad SMARTS) is 1. The molecule has 0 aliphatic heterocycles. The Morgan fingerprint density at radius 2 is 1.64 bits per heavy atom. The van der Waals surface area contributed by atoms with Gasteiger partial charge in [-0.2, -0.15) is 11.8 Å². The highest BCUT2D eigenvalue weighted by molar-refractivity contribution is 8.00. The Labute approximate surface area is 174 Å². The molecule has 0 radical (unpaired) electrons. The Balaban J connectivity index is 4.76. The summed E-state index contributed by atoms with van der Waals surface area (Å²) in [6.45, 7) is 7.52. The monoisotopic (exact) mass is 417 g/mol. The Morgan fingerprint density at radius 3 is 2.14 bits per heavy atom. The van der Waals surface area contributed by atoms with Crippen LogP contribution in [-0.2, 0) is 19.1 Å². The van der Waals surface area contributed by atoms with Crippen LogP contribution in [0.5, 0.6) is 0 Å². The highest BCUT2D eigenvalue weighted by Crippen LogP contribution is 2.27. The number of carbonyl (C=O) groups excluding carboxylic acids is 2. The van der Waals surface area contributed by atoms with Gasteiger partial charge in [-0.15, -0.1) is 0 Å². The fraction of sp³-hybridized carbons (Fsp3) is 0.857. The number of ether oxygens (including phenoxy) is 1. The summed E-state index contributed by atoms with van der Waals surface area (Å²) in [5.74, 6) is -2.21. The highest BCUT2D eigenvalue weighted by atomic mass is 32.2. The average Bonchev–Trinajstić information content (AvgIpc) is 2.62. The lowest BCUT2D eigenvalue weighted by Crippen LogP contribution is -2.52. The normalized spacial score (nSPS) is 13.6. The summed E-state index contributed by atoms with van der Waals surface area (Å²) in [6.07, 6.45) is 10.2. The number of carboxylic acids is 1. The van der Waals surface area contributed by atoms with Crippen molar-refractivity contribution < 1.29 is 24.2 Å². The molecule has 1 amide bonds. The van der Waals surface area contributed by atoms with Gasteiger partial charge in [-0.25, -0.2) is 0 Å². The summed E-state index contributed by atoms with van der Waals surface area (Å²) in [4.78, 5) is 35.2. The summed E-state index contributed by atoms with van der Waals surface area (Å²) in [5.41, 5.74) is 0. The van der Waals surface area contributed by atoms with Crippen LogP contribution in [0.2, 0.25) is 0 Å². The van der Waals surface area contributed by atoms with Gasteiger partial charge in [0.05, 0.1) is 12.5 Å². The fourth-order valence-electron chi connectivity index (χ4n) is 2.93. The van der Waals surface area contributed by atoms with E-state index < -0.39 is 17.9 Å². The van der Waals surface area contributed by atoms with Crippen LogP contribution in [0.4, 0.5) is 0 Å². The molecule has 2 atom stereocenters. The first kappa shape index (κ1) is 26.8. The van der Waals surface area contributed by atoms with Crippen molar-refractivity contribution in [3.63, 3.8) is 0 Å². The molecule has 0 heterocycles. The van der Waals surface area contributed by atoms with Crippen molar-refractivity contribution in [1.29, 1.82) is 0 Å². The summed E-state index contributed by atoms with van der Waals surface area (Å²) in [7, 11) is 0. The molecular formula is C21H39NO5S. The van der Waals surface area contributed by atoms with Crippen molar-refractivity contribution >= 4 is 29.6 Å². The number of nitrogens with one attached hydrogen (secondary N) is 1. The molecule has 6 nitrogen and oxygen atoms in total. The van der Waals surface area contributed by atoms with Gasteiger partial charge in [0.1, 0.15) is 6.61 Å². The zero-order valence-electron chi connectivity index (χ0n) is 18.2. The van der Waals surface area contributed by atoms with E-state index in [1.165, 1.54) is 32.6 Å². The van der Waals surface area contributed by atoms with E-state index in [0.717, 1.165) is 19.3 Å². The van der Waals surface area contributed by atoms with Crippen LogP contribution in [0.1, 0.15) is 85.5 Å². The number of esters is 1. The summed E-state index contributed by atoms with van der Waals surface area (Å²) in [5, 5.41) is 12.1. The molecule has 0 aromatic heterocycles. The molecule has 0 aliphatic rings. The number of carbonyl (C=O) groups is 3. The van der Waals surface area contributed by atoms with E-state index in [-0.39, 0.29) is 29.7 Å². The topological polar surface area (TPSA) is 92.7 Å². The van der Waals surface area contributed by atoms with E-state index in [4.69, 9.17) is 4.74 Å². The first-order valence-electron chi connectivity index (χ1n) is 10.3. The zero-order chi connectivity index (χ0) is 21.6. The Morgan fingerprint density at radius 1 is 1.07 bits per heavy atom. The van der Waals surface area contributed by atoms with Crippen molar-refractivity contribution in [2.75, 3.05) is 12.9 Å². The lowest BCUT2D eigenvalue weighted by molar-refractivity contribution is -0.143. The van der Waals surface area contributed by atoms with Crippen LogP contribution in [0.25, 0.3) is 0 Å². The first-order chi connectivity index (χ1) is 13.1. The molecule has 0 aromatic rings. The molecule has 28 heavy (non-hydrogen) atoms. The van der Waals surface area contributed by atoms with Gasteiger partial charge in [0.2, 0.25) is 5.91 Å². The average molecular weight is 418 g/mol. The smallest absolute Gasteiger partial charge is 0.304 e. The lowest BCUT2D eigenvalue weighted by Gasteiger charge is -2.34. The predicted molar refractivity (Wildman–Crippen MR) is 115 cm³/mol. The summed E-state index contributed by atoms with van der Waals surface area (Å²) in [6, 6.07) is -0.385. The molecule has 0 unspecified atom stereocenters. The van der Waals surface area contributed by atoms with Crippen molar-refractivity contribution in [2.45, 2.75) is 96.3 Å². The molecule has 0 fully saturated rings. The number of hydrogen-bond donors (Lipinski definition) is 2. The van der Waals surface area contributed by atoms with Crippen molar-refractivity contribution in [1.82, 2.24) is 5.32 Å². The van der Waals surface area contributed by atoms with Crippen molar-refractivity contribution in [3.05, 3.63) is 0 Å². The second kappa shape index (κ2) is 14.7. The lowest BCUT2D eigenvalue weighted by atomic mass is 9.94. The Kier molecular flexibility index (Phi) is 14.1. The first-order valence-corrected chi connectivity index (χ1v) is 11.6. The molecule has 2 N–H and O–H groups in total. The van der Waals surface area contributed by atoms with Crippen LogP contribution >= 0.6 is 11.8 Å². The van der Waals surface area contributed by atoms with Gasteiger partial charge < -0.3 is 15.2 Å². The number of thioether (sulfide) groups is 1. The molecule has 0 bridgehead atoms. The minimum Gasteiger partial charge on any atom is -0.481 e. The largest absolute Gasteiger partial charge is 0.481 e. The van der Waals surface area contributed by atoms with E-state index in [0.29, 0.717) is 6.42 Å². The molecule has 164 valence electrons. The number of amides is 1. The maximum atomic E-state index is 12.8. The Bertz CT molecular complexity index is 481. The maximum absolute atomic E-state index is 12.8. The third kappa shape index (κ3) is 12.3. The molecular weight excluding hydrogens is 378 g/mol. The quantitative estimate of drug-likeness (QED) is 0.285. The van der Waals surface area contributed by atoms with E-state index in [1.807, 2.05) is 20.1 Å². The molecule has 0 aliphatic carbocycles. The number of aliphatic carboxylic acids is 1. The molecule has 0 rings (SSSR count). The second-order valence-electron chi connectivity index (χ2n) is 7.88. The summed E-state index contributed by atoms with van der Waals surface area (Å²) >= 11 is 1.56. The van der Waals surface area contributed by atoms with Gasteiger partial charge >= 0.3 is 11.9 Å². The number of unbranched alkanes of at least 4 members (excludes halogenated alkanes) is 6. The molecule has 0 aromatic carbocycles. The summed E-state index contributed by atoms with van der Waals surface area (Å²) < 4.78 is 4.77. The van der Waals surface area contributed by atoms with Gasteiger partial charge in [0.25, 0.3) is 0 Å². The predicted octanol–water partition coefficient (Wildman–Crippen LogP) is 4.41. The number of rotatable bonds is 16. The van der Waals surface area contributed by atoms with E-state index in [2.05, 4.69) is 12.2 Å². The van der Waals surface area contributed by atoms with Crippen LogP contribution in [-0.4, -0.2) is 46.6 Å². The zero-order valence-corrected chi connectivity index (χ0v) is 19.0. The molecule has 7 heteroatoms. The van der Waals surface area contributed by atoms with E-state index in [9.17, 15) is 19.5 Å². The molecule has 0 saturated carbocycles. The van der Waals surface area contributed by atoms with Crippen LogP contribution in [0, 0.1) is 5.92 Å². The van der Waals surface area contributed by atoms with Crippen molar-refractivity contribution in [3.8, 4) is 0 Å². The molecule has 0 spiro atoms. The van der Waals surface area contributed by atoms with Crippen LogP contribution in [0.3, 0.4) is 0 Å². The third-order valence-electron chi connectivity index (χ3n) is 5.08. The second-order valence-corrected chi connectivity index (χ2v) is 9.34. The van der Waals surface area contributed by atoms with E-state index in [1.54, 1.807) is 11.8 Å². The minimum atomic E-state index is -0.969. The third-order valence-corrected chi connectivity index (χ3v) is 6.42. The standard InChI is InChI=1S/C21H39NO5S/c1-6-7-8-9-10-11-12-13-17(14-19(24)25)20(26)22-18(15-27-16(2)23)21(3,4)28-5/h17-18H,6-15H2,1-5H3,(H,22,26)(H,24,25)/t17-,18+/m1/s1. The minimum absolute atomic E-state index is 0.0755. The van der Waals surface area contributed by atoms with Gasteiger partial charge in [-0.3, -0.25) is 14.4 Å². The molecule has 0 saturated heterocycles. The number of hydrogen-bond acceptors (Lipinski definition) is 5. The van der Waals surface area contributed by atoms with Crippen molar-refractivity contribution in [2.24, 2.45) is 5.92 Å².